The molecule has 90 valence electrons. The summed E-state index contributed by atoms with van der Waals surface area (Å²) >= 11 is 6.88. The van der Waals surface area contributed by atoms with Crippen molar-refractivity contribution in [2.24, 2.45) is 0 Å². The number of aryl methyl sites for hydroxylation is 1. The number of carboxylic acid groups (broad SMARTS) is 1. The van der Waals surface area contributed by atoms with E-state index < -0.39 is 5.97 Å². The van der Waals surface area contributed by atoms with E-state index in [2.05, 4.69) is 10.1 Å². The third-order valence-electron chi connectivity index (χ3n) is 2.16. The molecule has 0 radical (unpaired) electrons. The standard InChI is InChI=1S/C10H9ClN2O3S/c1-2-3-5-7(9(14)15)8(13-16-5)6-4-12-10(11)17-6/h4H,2-3H2,1H3,(H,14,15). The molecule has 0 saturated heterocycles. The highest BCUT2D eigenvalue weighted by molar-refractivity contribution is 7.18. The van der Waals surface area contributed by atoms with Gasteiger partial charge < -0.3 is 9.63 Å². The number of aromatic nitrogens is 2. The minimum Gasteiger partial charge on any atom is -0.477 e. The Bertz CT molecular complexity index is 549. The Morgan fingerprint density at radius 3 is 2.94 bits per heavy atom. The number of halogens is 1. The Morgan fingerprint density at radius 1 is 1.65 bits per heavy atom. The van der Waals surface area contributed by atoms with Gasteiger partial charge >= 0.3 is 5.97 Å². The Morgan fingerprint density at radius 2 is 2.41 bits per heavy atom. The summed E-state index contributed by atoms with van der Waals surface area (Å²) in [5, 5.41) is 13.0. The Kier molecular flexibility index (Phi) is 3.44. The summed E-state index contributed by atoms with van der Waals surface area (Å²) < 4.78 is 5.41. The molecule has 0 bridgehead atoms. The molecule has 7 heteroatoms. The molecular formula is C10H9ClN2O3S. The number of thiazole rings is 1. The van der Waals surface area contributed by atoms with E-state index >= 15 is 0 Å². The molecule has 0 aliphatic heterocycles. The van der Waals surface area contributed by atoms with E-state index in [-0.39, 0.29) is 5.56 Å². The Balaban J connectivity index is 2.50. The largest absolute Gasteiger partial charge is 0.477 e. The van der Waals surface area contributed by atoms with Gasteiger partial charge in [0.05, 0.1) is 4.88 Å². The fraction of sp³-hybridized carbons (Fsp3) is 0.300. The van der Waals surface area contributed by atoms with Gasteiger partial charge in [0, 0.05) is 12.6 Å². The van der Waals surface area contributed by atoms with Crippen molar-refractivity contribution in [3.8, 4) is 10.6 Å². The summed E-state index contributed by atoms with van der Waals surface area (Å²) in [6.07, 6.45) is 2.83. The van der Waals surface area contributed by atoms with Crippen LogP contribution < -0.4 is 0 Å². The summed E-state index contributed by atoms with van der Waals surface area (Å²) in [5.74, 6) is -0.659. The lowest BCUT2D eigenvalue weighted by Gasteiger charge is -1.95. The van der Waals surface area contributed by atoms with Crippen molar-refractivity contribution < 1.29 is 14.4 Å². The van der Waals surface area contributed by atoms with Crippen LogP contribution in [0.2, 0.25) is 4.47 Å². The zero-order valence-corrected chi connectivity index (χ0v) is 10.5. The van der Waals surface area contributed by atoms with Crippen LogP contribution in [0.15, 0.2) is 10.7 Å². The average Bonchev–Trinajstić information content (AvgIpc) is 2.84. The molecule has 5 nitrogen and oxygen atoms in total. The highest BCUT2D eigenvalue weighted by atomic mass is 35.5. The Labute approximate surface area is 106 Å². The second kappa shape index (κ2) is 4.85. The normalized spacial score (nSPS) is 10.7. The molecule has 0 spiro atoms. The summed E-state index contributed by atoms with van der Waals surface area (Å²) in [6.45, 7) is 1.94. The number of carboxylic acids is 1. The smallest absolute Gasteiger partial charge is 0.341 e. The minimum absolute atomic E-state index is 0.104. The van der Waals surface area contributed by atoms with Gasteiger partial charge in [0.2, 0.25) is 0 Å². The van der Waals surface area contributed by atoms with Gasteiger partial charge in [0.25, 0.3) is 0 Å². The van der Waals surface area contributed by atoms with Crippen LogP contribution in [-0.4, -0.2) is 21.2 Å². The van der Waals surface area contributed by atoms with Crippen molar-refractivity contribution in [1.29, 1.82) is 0 Å². The molecule has 0 unspecified atom stereocenters. The van der Waals surface area contributed by atoms with Crippen LogP contribution in [0.3, 0.4) is 0 Å². The van der Waals surface area contributed by atoms with Crippen molar-refractivity contribution >= 4 is 28.9 Å². The highest BCUT2D eigenvalue weighted by Crippen LogP contribution is 2.32. The van der Waals surface area contributed by atoms with E-state index in [0.717, 1.165) is 6.42 Å². The lowest BCUT2D eigenvalue weighted by atomic mass is 10.1. The van der Waals surface area contributed by atoms with Crippen molar-refractivity contribution in [3.05, 3.63) is 22.0 Å². The summed E-state index contributed by atoms with van der Waals surface area (Å²) in [7, 11) is 0. The van der Waals surface area contributed by atoms with E-state index in [4.69, 9.17) is 16.1 Å². The SMILES string of the molecule is CCCc1onc(-c2cnc(Cl)s2)c1C(=O)O. The molecule has 0 aliphatic rings. The maximum absolute atomic E-state index is 11.2. The van der Waals surface area contributed by atoms with Crippen LogP contribution in [0.4, 0.5) is 0 Å². The van der Waals surface area contributed by atoms with Crippen LogP contribution in [-0.2, 0) is 6.42 Å². The van der Waals surface area contributed by atoms with Gasteiger partial charge in [-0.05, 0) is 6.42 Å². The number of nitrogens with zero attached hydrogens (tertiary/aromatic N) is 2. The van der Waals surface area contributed by atoms with Gasteiger partial charge in [-0.1, -0.05) is 23.7 Å². The van der Waals surface area contributed by atoms with Gasteiger partial charge in [-0.2, -0.15) is 0 Å². The number of rotatable bonds is 4. The first-order chi connectivity index (χ1) is 8.13. The lowest BCUT2D eigenvalue weighted by Crippen LogP contribution is -2.00. The van der Waals surface area contributed by atoms with Gasteiger partial charge in [0.1, 0.15) is 11.3 Å². The quantitative estimate of drug-likeness (QED) is 0.925. The van der Waals surface area contributed by atoms with Gasteiger partial charge in [-0.15, -0.1) is 11.3 Å². The fourth-order valence-corrected chi connectivity index (χ4v) is 2.40. The number of hydrogen-bond donors (Lipinski definition) is 1. The molecule has 2 aromatic rings. The topological polar surface area (TPSA) is 76.2 Å². The molecule has 1 N–H and O–H groups in total. The third kappa shape index (κ3) is 2.32. The van der Waals surface area contributed by atoms with Crippen LogP contribution in [0.5, 0.6) is 0 Å². The van der Waals surface area contributed by atoms with E-state index in [0.29, 0.717) is 27.2 Å². The van der Waals surface area contributed by atoms with Gasteiger partial charge in [0.15, 0.2) is 10.2 Å². The van der Waals surface area contributed by atoms with Crippen LogP contribution >= 0.6 is 22.9 Å². The molecule has 0 saturated carbocycles. The summed E-state index contributed by atoms with van der Waals surface area (Å²) in [4.78, 5) is 15.7. The number of hydrogen-bond acceptors (Lipinski definition) is 5. The Hall–Kier alpha value is -1.40. The van der Waals surface area contributed by atoms with E-state index in [1.165, 1.54) is 17.5 Å². The van der Waals surface area contributed by atoms with Crippen molar-refractivity contribution in [1.82, 2.24) is 10.1 Å². The van der Waals surface area contributed by atoms with Crippen molar-refractivity contribution in [2.45, 2.75) is 19.8 Å². The predicted octanol–water partition coefficient (Wildman–Crippen LogP) is 3.10. The first-order valence-corrected chi connectivity index (χ1v) is 6.16. The second-order valence-electron chi connectivity index (χ2n) is 3.36. The number of aromatic carboxylic acids is 1. The number of carbonyl (C=O) groups is 1. The fourth-order valence-electron chi connectivity index (χ4n) is 1.47. The van der Waals surface area contributed by atoms with Crippen molar-refractivity contribution in [2.75, 3.05) is 0 Å². The molecule has 0 atom stereocenters. The average molecular weight is 273 g/mol. The molecular weight excluding hydrogens is 264 g/mol. The minimum atomic E-state index is -1.05. The third-order valence-corrected chi connectivity index (χ3v) is 3.29. The van der Waals surface area contributed by atoms with Gasteiger partial charge in [-0.25, -0.2) is 9.78 Å². The summed E-state index contributed by atoms with van der Waals surface area (Å²) in [5.41, 5.74) is 0.400. The molecule has 2 heterocycles. The van der Waals surface area contributed by atoms with Gasteiger partial charge in [-0.3, -0.25) is 0 Å². The molecule has 0 aliphatic carbocycles. The molecule has 17 heavy (non-hydrogen) atoms. The van der Waals surface area contributed by atoms with Crippen molar-refractivity contribution in [3.63, 3.8) is 0 Å². The molecule has 0 aromatic carbocycles. The zero-order chi connectivity index (χ0) is 12.4. The monoisotopic (exact) mass is 272 g/mol. The maximum Gasteiger partial charge on any atom is 0.341 e. The summed E-state index contributed by atoms with van der Waals surface area (Å²) in [6, 6.07) is 0. The zero-order valence-electron chi connectivity index (χ0n) is 8.94. The second-order valence-corrected chi connectivity index (χ2v) is 4.97. The maximum atomic E-state index is 11.2. The first kappa shape index (κ1) is 12.1. The van der Waals surface area contributed by atoms with E-state index in [1.54, 1.807) is 0 Å². The van der Waals surface area contributed by atoms with E-state index in [1.807, 2.05) is 6.92 Å². The predicted molar refractivity (Wildman–Crippen MR) is 63.6 cm³/mol. The first-order valence-electron chi connectivity index (χ1n) is 4.97. The van der Waals surface area contributed by atoms with Crippen LogP contribution in [0.25, 0.3) is 10.6 Å². The molecule has 2 rings (SSSR count). The molecule has 2 aromatic heterocycles. The lowest BCUT2D eigenvalue weighted by molar-refractivity contribution is 0.0695. The van der Waals surface area contributed by atoms with Crippen LogP contribution in [0.1, 0.15) is 29.5 Å². The van der Waals surface area contributed by atoms with E-state index in [9.17, 15) is 9.90 Å². The molecule has 0 fully saturated rings. The van der Waals surface area contributed by atoms with Crippen LogP contribution in [0, 0.1) is 0 Å². The highest BCUT2D eigenvalue weighted by Gasteiger charge is 2.24. The molecule has 0 amide bonds.